The predicted octanol–water partition coefficient (Wildman–Crippen LogP) is 0.426. The van der Waals surface area contributed by atoms with Crippen LogP contribution in [0.3, 0.4) is 0 Å². The Morgan fingerprint density at radius 1 is 1.73 bits per heavy atom. The third-order valence-electron chi connectivity index (χ3n) is 2.30. The lowest BCUT2D eigenvalue weighted by atomic mass is 10.2. The van der Waals surface area contributed by atoms with Crippen LogP contribution in [0.25, 0.3) is 0 Å². The monoisotopic (exact) mass is 227 g/mol. The molecule has 1 amide bonds. The van der Waals surface area contributed by atoms with Crippen LogP contribution < -0.4 is 11.1 Å². The Bertz CT molecular complexity index is 300. The first kappa shape index (κ1) is 12.2. The van der Waals surface area contributed by atoms with E-state index in [2.05, 4.69) is 5.32 Å². The van der Waals surface area contributed by atoms with Crippen molar-refractivity contribution in [1.82, 2.24) is 10.2 Å². The Morgan fingerprint density at radius 2 is 2.47 bits per heavy atom. The van der Waals surface area contributed by atoms with E-state index in [0.717, 1.165) is 0 Å². The van der Waals surface area contributed by atoms with Crippen molar-refractivity contribution >= 4 is 17.2 Å². The molecule has 1 rings (SSSR count). The second-order valence-electron chi connectivity index (χ2n) is 3.36. The van der Waals surface area contributed by atoms with E-state index in [4.69, 9.17) is 5.73 Å². The molecule has 1 aromatic rings. The SMILES string of the molecule is CNC(=O)CN(C)C(CN)c1cccs1. The van der Waals surface area contributed by atoms with Gasteiger partial charge in [-0.15, -0.1) is 11.3 Å². The summed E-state index contributed by atoms with van der Waals surface area (Å²) in [4.78, 5) is 14.4. The van der Waals surface area contributed by atoms with Crippen LogP contribution in [0.15, 0.2) is 17.5 Å². The van der Waals surface area contributed by atoms with Crippen molar-refractivity contribution in [1.29, 1.82) is 0 Å². The third kappa shape index (κ3) is 3.30. The van der Waals surface area contributed by atoms with Gasteiger partial charge in [0.15, 0.2) is 0 Å². The standard InChI is InChI=1S/C10H17N3OS/c1-12-10(14)7-13(2)8(6-11)9-4-3-5-15-9/h3-5,8H,6-7,11H2,1-2H3,(H,12,14). The van der Waals surface area contributed by atoms with Crippen molar-refractivity contribution in [3.8, 4) is 0 Å². The summed E-state index contributed by atoms with van der Waals surface area (Å²) in [7, 11) is 3.55. The number of carbonyl (C=O) groups is 1. The summed E-state index contributed by atoms with van der Waals surface area (Å²) in [6.45, 7) is 0.893. The van der Waals surface area contributed by atoms with Gasteiger partial charge in [0.2, 0.25) is 5.91 Å². The Morgan fingerprint density at radius 3 is 2.93 bits per heavy atom. The normalized spacial score (nSPS) is 12.8. The number of nitrogens with one attached hydrogen (secondary N) is 1. The van der Waals surface area contributed by atoms with Gasteiger partial charge in [-0.3, -0.25) is 9.69 Å². The van der Waals surface area contributed by atoms with Gasteiger partial charge >= 0.3 is 0 Å². The van der Waals surface area contributed by atoms with E-state index in [-0.39, 0.29) is 11.9 Å². The zero-order valence-electron chi connectivity index (χ0n) is 9.06. The van der Waals surface area contributed by atoms with E-state index in [9.17, 15) is 4.79 Å². The van der Waals surface area contributed by atoms with Crippen LogP contribution in [0.4, 0.5) is 0 Å². The van der Waals surface area contributed by atoms with Gasteiger partial charge in [-0.05, 0) is 18.5 Å². The molecule has 1 aromatic heterocycles. The molecular formula is C10H17N3OS. The Kier molecular flexibility index (Phi) is 4.74. The fourth-order valence-corrected chi connectivity index (χ4v) is 2.31. The molecule has 0 saturated carbocycles. The fourth-order valence-electron chi connectivity index (χ4n) is 1.41. The van der Waals surface area contributed by atoms with Crippen molar-refractivity contribution in [2.75, 3.05) is 27.2 Å². The van der Waals surface area contributed by atoms with E-state index >= 15 is 0 Å². The van der Waals surface area contributed by atoms with Crippen LogP contribution in [0.2, 0.25) is 0 Å². The Labute approximate surface area is 94.1 Å². The summed E-state index contributed by atoms with van der Waals surface area (Å²) in [5.41, 5.74) is 5.72. The largest absolute Gasteiger partial charge is 0.358 e. The molecule has 1 atom stereocenters. The average molecular weight is 227 g/mol. The maximum atomic E-state index is 11.2. The van der Waals surface area contributed by atoms with Gasteiger partial charge in [0.25, 0.3) is 0 Å². The van der Waals surface area contributed by atoms with Crippen molar-refractivity contribution in [3.63, 3.8) is 0 Å². The molecule has 0 aliphatic rings. The second-order valence-corrected chi connectivity index (χ2v) is 4.33. The summed E-state index contributed by atoms with van der Waals surface area (Å²) >= 11 is 1.67. The number of nitrogens with two attached hydrogens (primary N) is 1. The molecule has 15 heavy (non-hydrogen) atoms. The molecule has 0 radical (unpaired) electrons. The minimum absolute atomic E-state index is 0.00695. The fraction of sp³-hybridized carbons (Fsp3) is 0.500. The topological polar surface area (TPSA) is 58.4 Å². The van der Waals surface area contributed by atoms with Crippen LogP contribution in [0.1, 0.15) is 10.9 Å². The number of nitrogens with zero attached hydrogens (tertiary/aromatic N) is 1. The lowest BCUT2D eigenvalue weighted by Crippen LogP contribution is -2.37. The Balaban J connectivity index is 2.63. The number of hydrogen-bond donors (Lipinski definition) is 2. The summed E-state index contributed by atoms with van der Waals surface area (Å²) < 4.78 is 0. The lowest BCUT2D eigenvalue weighted by molar-refractivity contribution is -0.121. The minimum atomic E-state index is 0.00695. The first-order valence-corrected chi connectivity index (χ1v) is 5.71. The van der Waals surface area contributed by atoms with E-state index in [1.165, 1.54) is 4.88 Å². The lowest BCUT2D eigenvalue weighted by Gasteiger charge is -2.25. The van der Waals surface area contributed by atoms with E-state index in [0.29, 0.717) is 13.1 Å². The van der Waals surface area contributed by atoms with Gasteiger partial charge in [0.05, 0.1) is 12.6 Å². The zero-order chi connectivity index (χ0) is 11.3. The first-order chi connectivity index (χ1) is 7.19. The van der Waals surface area contributed by atoms with Crippen molar-refractivity contribution in [2.24, 2.45) is 5.73 Å². The van der Waals surface area contributed by atoms with Gasteiger partial charge in [0.1, 0.15) is 0 Å². The zero-order valence-corrected chi connectivity index (χ0v) is 9.88. The number of rotatable bonds is 5. The summed E-state index contributed by atoms with van der Waals surface area (Å²) in [6.07, 6.45) is 0. The molecule has 0 spiro atoms. The van der Waals surface area contributed by atoms with Crippen LogP contribution in [-0.2, 0) is 4.79 Å². The smallest absolute Gasteiger partial charge is 0.233 e. The molecule has 84 valence electrons. The van der Waals surface area contributed by atoms with Gasteiger partial charge in [0, 0.05) is 18.5 Å². The first-order valence-electron chi connectivity index (χ1n) is 4.83. The van der Waals surface area contributed by atoms with Crippen LogP contribution in [0, 0.1) is 0 Å². The Hall–Kier alpha value is -0.910. The molecule has 5 heteroatoms. The number of amides is 1. The molecule has 0 bridgehead atoms. The van der Waals surface area contributed by atoms with Gasteiger partial charge in [-0.2, -0.15) is 0 Å². The van der Waals surface area contributed by atoms with E-state index in [1.54, 1.807) is 18.4 Å². The van der Waals surface area contributed by atoms with E-state index < -0.39 is 0 Å². The maximum absolute atomic E-state index is 11.2. The van der Waals surface area contributed by atoms with Gasteiger partial charge in [-0.25, -0.2) is 0 Å². The van der Waals surface area contributed by atoms with E-state index in [1.807, 2.05) is 29.5 Å². The quantitative estimate of drug-likeness (QED) is 0.767. The number of hydrogen-bond acceptors (Lipinski definition) is 4. The molecule has 4 nitrogen and oxygen atoms in total. The highest BCUT2D eigenvalue weighted by Gasteiger charge is 2.17. The average Bonchev–Trinajstić information content (AvgIpc) is 2.72. The third-order valence-corrected chi connectivity index (χ3v) is 3.27. The molecule has 3 N–H and O–H groups in total. The molecule has 0 aliphatic heterocycles. The van der Waals surface area contributed by atoms with Gasteiger partial charge in [-0.1, -0.05) is 6.07 Å². The summed E-state index contributed by atoms with van der Waals surface area (Å²) in [5, 5.41) is 4.62. The summed E-state index contributed by atoms with van der Waals surface area (Å²) in [5.74, 6) is 0.00695. The molecule has 1 unspecified atom stereocenters. The molecule has 0 fully saturated rings. The number of thiophene rings is 1. The molecule has 0 saturated heterocycles. The van der Waals surface area contributed by atoms with Crippen molar-refractivity contribution < 1.29 is 4.79 Å². The highest BCUT2D eigenvalue weighted by molar-refractivity contribution is 7.10. The molecule has 1 heterocycles. The summed E-state index contributed by atoms with van der Waals surface area (Å²) in [6, 6.07) is 4.17. The molecule has 0 aromatic carbocycles. The molecule has 0 aliphatic carbocycles. The van der Waals surface area contributed by atoms with Crippen molar-refractivity contribution in [3.05, 3.63) is 22.4 Å². The second kappa shape index (κ2) is 5.85. The highest BCUT2D eigenvalue weighted by Crippen LogP contribution is 2.22. The molecular weight excluding hydrogens is 210 g/mol. The maximum Gasteiger partial charge on any atom is 0.233 e. The number of likely N-dealkylation sites (N-methyl/N-ethyl adjacent to an activating group) is 2. The predicted molar refractivity (Wildman–Crippen MR) is 62.8 cm³/mol. The van der Waals surface area contributed by atoms with Crippen LogP contribution >= 0.6 is 11.3 Å². The highest BCUT2D eigenvalue weighted by atomic mass is 32.1. The van der Waals surface area contributed by atoms with Crippen molar-refractivity contribution in [2.45, 2.75) is 6.04 Å². The van der Waals surface area contributed by atoms with Crippen LogP contribution in [-0.4, -0.2) is 38.0 Å². The van der Waals surface area contributed by atoms with Crippen LogP contribution in [0.5, 0.6) is 0 Å². The number of carbonyl (C=O) groups excluding carboxylic acids is 1. The minimum Gasteiger partial charge on any atom is -0.358 e. The van der Waals surface area contributed by atoms with Gasteiger partial charge < -0.3 is 11.1 Å².